The lowest BCUT2D eigenvalue weighted by Gasteiger charge is -2.08. The third-order valence-electron chi connectivity index (χ3n) is 3.95. The van der Waals surface area contributed by atoms with Crippen LogP contribution in [0.5, 0.6) is 0 Å². The lowest BCUT2D eigenvalue weighted by Crippen LogP contribution is -2.25. The molecule has 1 aromatic carbocycles. The standard InChI is InChI=1S/C19H19ClN4O3/c1-11-4-6-14(7-5-11)9-24-18(20)17(13(3)23-24)19(26)27-10-16(25)15(8-21)12(2)22/h4-7,15,22H,9-10H2,1-3H3/t15-/m1/s1. The van der Waals surface area contributed by atoms with Gasteiger partial charge in [0.1, 0.15) is 16.6 Å². The number of rotatable bonds is 7. The van der Waals surface area contributed by atoms with Crippen LogP contribution in [-0.4, -0.2) is 33.9 Å². The predicted molar refractivity (Wildman–Crippen MR) is 100 cm³/mol. The summed E-state index contributed by atoms with van der Waals surface area (Å²) in [6.45, 7) is 4.74. The van der Waals surface area contributed by atoms with Crippen molar-refractivity contribution in [1.29, 1.82) is 10.7 Å². The minimum atomic E-state index is -1.22. The molecule has 0 spiro atoms. The van der Waals surface area contributed by atoms with Gasteiger partial charge in [-0.2, -0.15) is 10.4 Å². The topological polar surface area (TPSA) is 109 Å². The number of carbonyl (C=O) groups excluding carboxylic acids is 2. The van der Waals surface area contributed by atoms with Gasteiger partial charge < -0.3 is 10.1 Å². The highest BCUT2D eigenvalue weighted by Crippen LogP contribution is 2.22. The van der Waals surface area contributed by atoms with Crippen molar-refractivity contribution in [1.82, 2.24) is 9.78 Å². The summed E-state index contributed by atoms with van der Waals surface area (Å²) in [4.78, 5) is 24.2. The molecule has 2 aromatic rings. The molecular weight excluding hydrogens is 368 g/mol. The first kappa shape index (κ1) is 20.3. The van der Waals surface area contributed by atoms with E-state index in [9.17, 15) is 9.59 Å². The molecule has 1 N–H and O–H groups in total. The first-order chi connectivity index (χ1) is 12.7. The number of esters is 1. The summed E-state index contributed by atoms with van der Waals surface area (Å²) in [6.07, 6.45) is 0. The Morgan fingerprint density at radius 3 is 2.52 bits per heavy atom. The zero-order chi connectivity index (χ0) is 20.1. The number of benzene rings is 1. The van der Waals surface area contributed by atoms with Crippen molar-refractivity contribution >= 4 is 29.1 Å². The summed E-state index contributed by atoms with van der Waals surface area (Å²) < 4.78 is 6.48. The van der Waals surface area contributed by atoms with Gasteiger partial charge in [0.15, 0.2) is 12.4 Å². The number of Topliss-reactive ketones (excluding diaryl/α,β-unsaturated/α-hetero) is 1. The maximum Gasteiger partial charge on any atom is 0.343 e. The number of halogens is 1. The first-order valence-corrected chi connectivity index (χ1v) is 8.55. The van der Waals surface area contributed by atoms with Crippen molar-refractivity contribution in [2.24, 2.45) is 5.92 Å². The van der Waals surface area contributed by atoms with E-state index in [-0.39, 0.29) is 16.4 Å². The fourth-order valence-electron chi connectivity index (χ4n) is 2.46. The molecule has 8 heteroatoms. The van der Waals surface area contributed by atoms with E-state index < -0.39 is 24.3 Å². The summed E-state index contributed by atoms with van der Waals surface area (Å²) in [5.41, 5.74) is 2.46. The highest BCUT2D eigenvalue weighted by atomic mass is 35.5. The van der Waals surface area contributed by atoms with Crippen LogP contribution in [0.25, 0.3) is 0 Å². The number of hydrogen-bond donors (Lipinski definition) is 1. The molecule has 140 valence electrons. The molecule has 0 amide bonds. The number of ether oxygens (including phenoxy) is 1. The smallest absolute Gasteiger partial charge is 0.343 e. The van der Waals surface area contributed by atoms with E-state index in [2.05, 4.69) is 5.10 Å². The van der Waals surface area contributed by atoms with Crippen LogP contribution in [0.2, 0.25) is 5.15 Å². The Kier molecular flexibility index (Phi) is 6.48. The molecular formula is C19H19ClN4O3. The number of carbonyl (C=O) groups is 2. The molecule has 1 aromatic heterocycles. The summed E-state index contributed by atoms with van der Waals surface area (Å²) in [5, 5.41) is 20.7. The van der Waals surface area contributed by atoms with E-state index >= 15 is 0 Å². The lowest BCUT2D eigenvalue weighted by atomic mass is 10.0. The second-order valence-electron chi connectivity index (χ2n) is 6.18. The Hall–Kier alpha value is -2.98. The molecule has 7 nitrogen and oxygen atoms in total. The van der Waals surface area contributed by atoms with Crippen LogP contribution in [0, 0.1) is 36.5 Å². The quantitative estimate of drug-likeness (QED) is 0.580. The molecule has 0 saturated heterocycles. The van der Waals surface area contributed by atoms with Crippen molar-refractivity contribution < 1.29 is 14.3 Å². The van der Waals surface area contributed by atoms with E-state index in [1.54, 1.807) is 13.0 Å². The van der Waals surface area contributed by atoms with E-state index in [0.717, 1.165) is 11.1 Å². The number of nitriles is 1. The molecule has 2 rings (SSSR count). The third kappa shape index (κ3) is 4.80. The number of nitrogens with zero attached hydrogens (tertiary/aromatic N) is 3. The van der Waals surface area contributed by atoms with Gasteiger partial charge in [0.25, 0.3) is 0 Å². The van der Waals surface area contributed by atoms with Crippen LogP contribution >= 0.6 is 11.6 Å². The Morgan fingerprint density at radius 1 is 1.33 bits per heavy atom. The normalized spacial score (nSPS) is 11.5. The van der Waals surface area contributed by atoms with Crippen LogP contribution < -0.4 is 0 Å². The van der Waals surface area contributed by atoms with Gasteiger partial charge in [-0.25, -0.2) is 9.48 Å². The second-order valence-corrected chi connectivity index (χ2v) is 6.54. The van der Waals surface area contributed by atoms with Gasteiger partial charge in [-0.3, -0.25) is 4.79 Å². The zero-order valence-electron chi connectivity index (χ0n) is 15.2. The average molecular weight is 387 g/mol. The number of hydrogen-bond acceptors (Lipinski definition) is 6. The van der Waals surface area contributed by atoms with Crippen molar-refractivity contribution in [3.63, 3.8) is 0 Å². The Bertz CT molecular complexity index is 926. The van der Waals surface area contributed by atoms with Gasteiger partial charge in [-0.15, -0.1) is 0 Å². The van der Waals surface area contributed by atoms with E-state index in [4.69, 9.17) is 27.0 Å². The molecule has 0 saturated carbocycles. The molecule has 0 fully saturated rings. The van der Waals surface area contributed by atoms with Gasteiger partial charge in [-0.05, 0) is 26.3 Å². The third-order valence-corrected chi connectivity index (χ3v) is 4.34. The minimum Gasteiger partial charge on any atom is -0.454 e. The van der Waals surface area contributed by atoms with Gasteiger partial charge in [0, 0.05) is 5.71 Å². The largest absolute Gasteiger partial charge is 0.454 e. The summed E-state index contributed by atoms with van der Waals surface area (Å²) in [7, 11) is 0. The number of aromatic nitrogens is 2. The van der Waals surface area contributed by atoms with Gasteiger partial charge >= 0.3 is 5.97 Å². The van der Waals surface area contributed by atoms with Gasteiger partial charge in [0.2, 0.25) is 0 Å². The lowest BCUT2D eigenvalue weighted by molar-refractivity contribution is -0.122. The molecule has 0 aliphatic rings. The number of ketones is 1. The maximum atomic E-state index is 12.3. The maximum absolute atomic E-state index is 12.3. The average Bonchev–Trinajstić information content (AvgIpc) is 2.88. The Labute approximate surface area is 162 Å². The summed E-state index contributed by atoms with van der Waals surface area (Å²) >= 11 is 6.29. The van der Waals surface area contributed by atoms with Gasteiger partial charge in [0.05, 0.1) is 18.3 Å². The minimum absolute atomic E-state index is 0.0802. The molecule has 1 atom stereocenters. The first-order valence-electron chi connectivity index (χ1n) is 8.17. The van der Waals surface area contributed by atoms with Crippen molar-refractivity contribution in [3.8, 4) is 6.07 Å². The molecule has 0 aliphatic carbocycles. The van der Waals surface area contributed by atoms with E-state index in [1.165, 1.54) is 11.6 Å². The molecule has 27 heavy (non-hydrogen) atoms. The Morgan fingerprint density at radius 2 is 1.96 bits per heavy atom. The fourth-order valence-corrected chi connectivity index (χ4v) is 2.77. The molecule has 0 radical (unpaired) electrons. The second kappa shape index (κ2) is 8.60. The SMILES string of the molecule is CC(=N)[C@@H](C#N)C(=O)COC(=O)c1c(C)nn(Cc2ccc(C)cc2)c1Cl. The molecule has 1 heterocycles. The molecule has 0 bridgehead atoms. The summed E-state index contributed by atoms with van der Waals surface area (Å²) in [6, 6.07) is 9.55. The fraction of sp³-hybridized carbons (Fsp3) is 0.316. The van der Waals surface area contributed by atoms with Crippen LogP contribution in [0.3, 0.4) is 0 Å². The number of aryl methyl sites for hydroxylation is 2. The van der Waals surface area contributed by atoms with Crippen LogP contribution in [0.15, 0.2) is 24.3 Å². The number of nitrogens with one attached hydrogen (secondary N) is 1. The van der Waals surface area contributed by atoms with Crippen LogP contribution in [0.1, 0.15) is 34.1 Å². The molecule has 0 aliphatic heterocycles. The van der Waals surface area contributed by atoms with Crippen molar-refractivity contribution in [3.05, 3.63) is 51.8 Å². The van der Waals surface area contributed by atoms with Crippen LogP contribution in [-0.2, 0) is 16.1 Å². The van der Waals surface area contributed by atoms with Gasteiger partial charge in [-0.1, -0.05) is 41.4 Å². The zero-order valence-corrected chi connectivity index (χ0v) is 16.0. The van der Waals surface area contributed by atoms with E-state index in [1.807, 2.05) is 31.2 Å². The highest BCUT2D eigenvalue weighted by Gasteiger charge is 2.25. The summed E-state index contributed by atoms with van der Waals surface area (Å²) in [5.74, 6) is -2.67. The predicted octanol–water partition coefficient (Wildman–Crippen LogP) is 3.11. The van der Waals surface area contributed by atoms with Crippen molar-refractivity contribution in [2.45, 2.75) is 27.3 Å². The monoisotopic (exact) mass is 386 g/mol. The Balaban J connectivity index is 2.12. The van der Waals surface area contributed by atoms with Crippen molar-refractivity contribution in [2.75, 3.05) is 6.61 Å². The molecule has 0 unspecified atom stereocenters. The highest BCUT2D eigenvalue weighted by molar-refractivity contribution is 6.32. The van der Waals surface area contributed by atoms with E-state index in [0.29, 0.717) is 12.2 Å². The van der Waals surface area contributed by atoms with Crippen LogP contribution in [0.4, 0.5) is 0 Å².